The van der Waals surface area contributed by atoms with Crippen LogP contribution in [0.1, 0.15) is 16.7 Å². The van der Waals surface area contributed by atoms with Crippen LogP contribution in [0.5, 0.6) is 0 Å². The average Bonchev–Trinajstić information content (AvgIpc) is 2.68. The predicted octanol–water partition coefficient (Wildman–Crippen LogP) is 3.71. The number of nitrogens with one attached hydrogen (secondary N) is 2. The lowest BCUT2D eigenvalue weighted by Gasteiger charge is -2.14. The van der Waals surface area contributed by atoms with Gasteiger partial charge < -0.3 is 20.3 Å². The standard InChI is InChI=1S/C20H26F3N5O.HI/c1-24-19(27-12-17-8-9-25-18(10-17)28(2)3)26-11-15-4-6-16(7-5-15)13-29-14-20(21,22)23;/h4-10H,11-14H2,1-3H3,(H2,24,26,27);1H. The fraction of sp³-hybridized carbons (Fsp3) is 0.400. The number of alkyl halides is 3. The minimum Gasteiger partial charge on any atom is -0.367 e. The van der Waals surface area contributed by atoms with E-state index in [0.29, 0.717) is 24.6 Å². The van der Waals surface area contributed by atoms with Crippen molar-refractivity contribution in [3.05, 3.63) is 59.3 Å². The maximum atomic E-state index is 12.1. The molecular formula is C20H27F3IN5O. The molecule has 0 saturated carbocycles. The Morgan fingerprint density at radius 2 is 1.63 bits per heavy atom. The molecule has 0 saturated heterocycles. The van der Waals surface area contributed by atoms with Gasteiger partial charge in [-0.05, 0) is 28.8 Å². The Kier molecular flexibility index (Phi) is 10.9. The molecule has 2 aromatic rings. The molecule has 0 radical (unpaired) electrons. The number of aromatic nitrogens is 1. The Labute approximate surface area is 192 Å². The van der Waals surface area contributed by atoms with E-state index in [1.165, 1.54) is 0 Å². The van der Waals surface area contributed by atoms with Gasteiger partial charge in [0, 0.05) is 40.4 Å². The van der Waals surface area contributed by atoms with E-state index >= 15 is 0 Å². The summed E-state index contributed by atoms with van der Waals surface area (Å²) in [6, 6.07) is 11.1. The van der Waals surface area contributed by atoms with Crippen LogP contribution in [-0.4, -0.2) is 44.9 Å². The van der Waals surface area contributed by atoms with E-state index in [1.807, 2.05) is 43.3 Å². The number of halogens is 4. The Morgan fingerprint density at radius 3 is 2.20 bits per heavy atom. The zero-order valence-corrected chi connectivity index (χ0v) is 19.5. The zero-order valence-electron chi connectivity index (χ0n) is 17.2. The molecule has 2 N–H and O–H groups in total. The van der Waals surface area contributed by atoms with Crippen molar-refractivity contribution in [2.24, 2.45) is 4.99 Å². The van der Waals surface area contributed by atoms with E-state index in [0.717, 1.165) is 16.9 Å². The molecule has 0 amide bonds. The first-order chi connectivity index (χ1) is 13.8. The van der Waals surface area contributed by atoms with E-state index < -0.39 is 12.8 Å². The van der Waals surface area contributed by atoms with Crippen LogP contribution in [0.25, 0.3) is 0 Å². The van der Waals surface area contributed by atoms with Crippen LogP contribution in [0.3, 0.4) is 0 Å². The highest BCUT2D eigenvalue weighted by Gasteiger charge is 2.27. The molecular weight excluding hydrogens is 510 g/mol. The third-order valence-electron chi connectivity index (χ3n) is 3.97. The molecule has 10 heteroatoms. The van der Waals surface area contributed by atoms with Crippen LogP contribution in [0.2, 0.25) is 0 Å². The van der Waals surface area contributed by atoms with Crippen molar-refractivity contribution in [1.29, 1.82) is 0 Å². The SMILES string of the molecule is CN=C(NCc1ccc(COCC(F)(F)F)cc1)NCc1ccnc(N(C)C)c1.I. The van der Waals surface area contributed by atoms with Crippen molar-refractivity contribution in [2.45, 2.75) is 25.9 Å². The minimum atomic E-state index is -4.31. The second-order valence-electron chi connectivity index (χ2n) is 6.62. The zero-order chi connectivity index (χ0) is 21.3. The number of anilines is 1. The summed E-state index contributed by atoms with van der Waals surface area (Å²) >= 11 is 0. The van der Waals surface area contributed by atoms with Crippen molar-refractivity contribution in [3.63, 3.8) is 0 Å². The van der Waals surface area contributed by atoms with Crippen molar-refractivity contribution in [2.75, 3.05) is 32.6 Å². The summed E-state index contributed by atoms with van der Waals surface area (Å²) in [6.45, 7) is -0.190. The molecule has 0 aliphatic rings. The third kappa shape index (κ3) is 9.61. The fourth-order valence-electron chi connectivity index (χ4n) is 2.45. The number of guanidine groups is 1. The second-order valence-corrected chi connectivity index (χ2v) is 6.62. The molecule has 2 rings (SSSR count). The summed E-state index contributed by atoms with van der Waals surface area (Å²) in [4.78, 5) is 10.4. The number of rotatable bonds is 8. The quantitative estimate of drug-likeness (QED) is 0.306. The maximum absolute atomic E-state index is 12.1. The predicted molar refractivity (Wildman–Crippen MR) is 123 cm³/mol. The number of aliphatic imine (C=N–C) groups is 1. The topological polar surface area (TPSA) is 61.8 Å². The summed E-state index contributed by atoms with van der Waals surface area (Å²) in [5, 5.41) is 6.45. The Bertz CT molecular complexity index is 798. The molecule has 166 valence electrons. The average molecular weight is 537 g/mol. The first-order valence-corrected chi connectivity index (χ1v) is 9.06. The van der Waals surface area contributed by atoms with E-state index in [9.17, 15) is 13.2 Å². The molecule has 0 aliphatic carbocycles. The van der Waals surface area contributed by atoms with Gasteiger partial charge >= 0.3 is 6.18 Å². The van der Waals surface area contributed by atoms with Gasteiger partial charge in [0.2, 0.25) is 0 Å². The van der Waals surface area contributed by atoms with Crippen LogP contribution in [0.4, 0.5) is 19.0 Å². The summed E-state index contributed by atoms with van der Waals surface area (Å²) in [5.41, 5.74) is 2.75. The van der Waals surface area contributed by atoms with Gasteiger partial charge in [0.05, 0.1) is 6.61 Å². The van der Waals surface area contributed by atoms with Crippen molar-refractivity contribution in [1.82, 2.24) is 15.6 Å². The summed E-state index contributed by atoms with van der Waals surface area (Å²) in [6.07, 6.45) is -2.54. The van der Waals surface area contributed by atoms with Gasteiger partial charge in [-0.15, -0.1) is 24.0 Å². The maximum Gasteiger partial charge on any atom is 0.411 e. The molecule has 6 nitrogen and oxygen atoms in total. The Hall–Kier alpha value is -2.08. The highest BCUT2D eigenvalue weighted by Crippen LogP contribution is 2.16. The second kappa shape index (κ2) is 12.6. The smallest absolute Gasteiger partial charge is 0.367 e. The van der Waals surface area contributed by atoms with Crippen molar-refractivity contribution < 1.29 is 17.9 Å². The first kappa shape index (κ1) is 26.0. The largest absolute Gasteiger partial charge is 0.411 e. The monoisotopic (exact) mass is 537 g/mol. The van der Waals surface area contributed by atoms with Crippen LogP contribution < -0.4 is 15.5 Å². The molecule has 0 atom stereocenters. The molecule has 1 aromatic heterocycles. The lowest BCUT2D eigenvalue weighted by molar-refractivity contribution is -0.176. The summed E-state index contributed by atoms with van der Waals surface area (Å²) in [7, 11) is 5.57. The minimum absolute atomic E-state index is 0. The molecule has 1 aromatic carbocycles. The Balaban J connectivity index is 0.00000450. The lowest BCUT2D eigenvalue weighted by Crippen LogP contribution is -2.36. The van der Waals surface area contributed by atoms with Crippen molar-refractivity contribution >= 4 is 35.8 Å². The molecule has 1 heterocycles. The van der Waals surface area contributed by atoms with Gasteiger partial charge in [-0.1, -0.05) is 24.3 Å². The van der Waals surface area contributed by atoms with Gasteiger partial charge in [0.15, 0.2) is 5.96 Å². The molecule has 0 unspecified atom stereocenters. The number of hydrogen-bond acceptors (Lipinski definition) is 4. The van der Waals surface area contributed by atoms with Crippen LogP contribution in [-0.2, 0) is 24.4 Å². The number of pyridine rings is 1. The fourth-order valence-corrected chi connectivity index (χ4v) is 2.45. The van der Waals surface area contributed by atoms with Gasteiger partial charge in [-0.3, -0.25) is 4.99 Å². The normalized spacial score (nSPS) is 11.6. The number of ether oxygens (including phenoxy) is 1. The van der Waals surface area contributed by atoms with Crippen LogP contribution >= 0.6 is 24.0 Å². The third-order valence-corrected chi connectivity index (χ3v) is 3.97. The van der Waals surface area contributed by atoms with E-state index in [-0.39, 0.29) is 30.6 Å². The molecule has 0 aliphatic heterocycles. The van der Waals surface area contributed by atoms with E-state index in [2.05, 4.69) is 25.3 Å². The highest BCUT2D eigenvalue weighted by molar-refractivity contribution is 14.0. The van der Waals surface area contributed by atoms with Gasteiger partial charge in [-0.2, -0.15) is 13.2 Å². The molecule has 0 bridgehead atoms. The number of nitrogens with zero attached hydrogens (tertiary/aromatic N) is 3. The van der Waals surface area contributed by atoms with Crippen LogP contribution in [0, 0.1) is 0 Å². The lowest BCUT2D eigenvalue weighted by atomic mass is 10.1. The van der Waals surface area contributed by atoms with Gasteiger partial charge in [-0.25, -0.2) is 4.98 Å². The molecule has 0 spiro atoms. The van der Waals surface area contributed by atoms with Gasteiger partial charge in [0.25, 0.3) is 0 Å². The van der Waals surface area contributed by atoms with Crippen LogP contribution in [0.15, 0.2) is 47.6 Å². The summed E-state index contributed by atoms with van der Waals surface area (Å²) in [5.74, 6) is 1.53. The Morgan fingerprint density at radius 1 is 1.03 bits per heavy atom. The highest BCUT2D eigenvalue weighted by atomic mass is 127. The summed E-state index contributed by atoms with van der Waals surface area (Å²) < 4.78 is 41.0. The molecule has 0 fully saturated rings. The number of hydrogen-bond donors (Lipinski definition) is 2. The van der Waals surface area contributed by atoms with Crippen molar-refractivity contribution in [3.8, 4) is 0 Å². The number of benzene rings is 1. The first-order valence-electron chi connectivity index (χ1n) is 9.06. The van der Waals surface area contributed by atoms with E-state index in [4.69, 9.17) is 0 Å². The van der Waals surface area contributed by atoms with E-state index in [1.54, 1.807) is 25.4 Å². The molecule has 30 heavy (non-hydrogen) atoms. The van der Waals surface area contributed by atoms with Gasteiger partial charge in [0.1, 0.15) is 12.4 Å².